The average molecular weight is 432 g/mol. The predicted molar refractivity (Wildman–Crippen MR) is 93.2 cm³/mol. The third-order valence-electron chi connectivity index (χ3n) is 3.82. The number of nitrogens with zero attached hydrogens (tertiary/aromatic N) is 2. The molecule has 0 saturated carbocycles. The van der Waals surface area contributed by atoms with Crippen molar-refractivity contribution in [2.75, 3.05) is 23.3 Å². The standard InChI is InChI=1S/C16H15F3N4O5S/c17-16(18,19)15(27-8-9-28-15)10-13(24)22-11-2-4-12(5-3-11)29(25,26)23-14-20-6-1-7-21-14/h1-7H,8-10H2,(H,22,24)(H,20,21,23). The number of sulfonamides is 1. The van der Waals surface area contributed by atoms with E-state index in [0.717, 1.165) is 0 Å². The van der Waals surface area contributed by atoms with Crippen LogP contribution in [0.4, 0.5) is 24.8 Å². The van der Waals surface area contributed by atoms with Gasteiger partial charge in [0.25, 0.3) is 15.8 Å². The summed E-state index contributed by atoms with van der Waals surface area (Å²) in [5.74, 6) is -4.12. The molecule has 1 aromatic carbocycles. The highest BCUT2D eigenvalue weighted by Crippen LogP contribution is 2.40. The number of nitrogens with one attached hydrogen (secondary N) is 2. The van der Waals surface area contributed by atoms with Gasteiger partial charge in [-0.2, -0.15) is 13.2 Å². The summed E-state index contributed by atoms with van der Waals surface area (Å²) in [6.45, 7) is -0.561. The molecule has 2 N–H and O–H groups in total. The number of aromatic nitrogens is 2. The van der Waals surface area contributed by atoms with E-state index in [9.17, 15) is 26.4 Å². The minimum absolute atomic E-state index is 0.0974. The van der Waals surface area contributed by atoms with Crippen molar-refractivity contribution in [1.29, 1.82) is 0 Å². The molecule has 29 heavy (non-hydrogen) atoms. The van der Waals surface area contributed by atoms with E-state index in [1.807, 2.05) is 0 Å². The number of benzene rings is 1. The highest BCUT2D eigenvalue weighted by molar-refractivity contribution is 7.92. The van der Waals surface area contributed by atoms with Gasteiger partial charge < -0.3 is 14.8 Å². The predicted octanol–water partition coefficient (Wildman–Crippen LogP) is 1.91. The summed E-state index contributed by atoms with van der Waals surface area (Å²) in [4.78, 5) is 19.4. The lowest BCUT2D eigenvalue weighted by molar-refractivity contribution is -0.342. The second-order valence-electron chi connectivity index (χ2n) is 5.87. The van der Waals surface area contributed by atoms with Crippen molar-refractivity contribution in [3.8, 4) is 0 Å². The van der Waals surface area contributed by atoms with Crippen LogP contribution in [0.3, 0.4) is 0 Å². The van der Waals surface area contributed by atoms with Gasteiger partial charge in [0.05, 0.1) is 24.5 Å². The van der Waals surface area contributed by atoms with E-state index in [2.05, 4.69) is 29.5 Å². The second-order valence-corrected chi connectivity index (χ2v) is 7.56. The highest BCUT2D eigenvalue weighted by Gasteiger charge is 2.61. The average Bonchev–Trinajstić information content (AvgIpc) is 3.12. The lowest BCUT2D eigenvalue weighted by atomic mass is 10.1. The van der Waals surface area contributed by atoms with E-state index in [-0.39, 0.29) is 29.7 Å². The minimum Gasteiger partial charge on any atom is -0.340 e. The molecule has 0 radical (unpaired) electrons. The maximum Gasteiger partial charge on any atom is 0.443 e. The molecule has 2 aromatic rings. The molecular weight excluding hydrogens is 417 g/mol. The lowest BCUT2D eigenvalue weighted by Crippen LogP contribution is -2.48. The number of ether oxygens (including phenoxy) is 2. The fourth-order valence-electron chi connectivity index (χ4n) is 2.49. The van der Waals surface area contributed by atoms with Crippen LogP contribution in [-0.2, 0) is 24.3 Å². The molecule has 1 aliphatic rings. The normalized spacial score (nSPS) is 16.4. The monoisotopic (exact) mass is 432 g/mol. The summed E-state index contributed by atoms with van der Waals surface area (Å²) in [6, 6.07) is 6.32. The molecule has 0 bridgehead atoms. The van der Waals surface area contributed by atoms with Crippen molar-refractivity contribution >= 4 is 27.6 Å². The van der Waals surface area contributed by atoms with Crippen LogP contribution in [0, 0.1) is 0 Å². The van der Waals surface area contributed by atoms with Crippen molar-refractivity contribution in [3.05, 3.63) is 42.7 Å². The summed E-state index contributed by atoms with van der Waals surface area (Å²) >= 11 is 0. The molecule has 0 unspecified atom stereocenters. The Morgan fingerprint density at radius 3 is 2.24 bits per heavy atom. The van der Waals surface area contributed by atoms with Gasteiger partial charge in [-0.25, -0.2) is 23.1 Å². The first-order valence-corrected chi connectivity index (χ1v) is 9.64. The maximum absolute atomic E-state index is 13.2. The van der Waals surface area contributed by atoms with E-state index < -0.39 is 34.3 Å². The molecular formula is C16H15F3N4O5S. The van der Waals surface area contributed by atoms with E-state index in [4.69, 9.17) is 0 Å². The van der Waals surface area contributed by atoms with Gasteiger partial charge in [-0.1, -0.05) is 0 Å². The van der Waals surface area contributed by atoms with Crippen LogP contribution in [0.15, 0.2) is 47.6 Å². The summed E-state index contributed by atoms with van der Waals surface area (Å²) in [7, 11) is -3.98. The van der Waals surface area contributed by atoms with E-state index in [1.165, 1.54) is 42.7 Å². The molecule has 3 rings (SSSR count). The quantitative estimate of drug-likeness (QED) is 0.716. The van der Waals surface area contributed by atoms with Gasteiger partial charge in [0.15, 0.2) is 0 Å². The number of anilines is 2. The summed E-state index contributed by atoms with van der Waals surface area (Å²) in [5, 5.41) is 2.26. The fourth-order valence-corrected chi connectivity index (χ4v) is 3.44. The maximum atomic E-state index is 13.2. The minimum atomic E-state index is -4.88. The van der Waals surface area contributed by atoms with Crippen LogP contribution < -0.4 is 10.0 Å². The Morgan fingerprint density at radius 1 is 1.10 bits per heavy atom. The van der Waals surface area contributed by atoms with Crippen LogP contribution in [0.25, 0.3) is 0 Å². The first-order valence-electron chi connectivity index (χ1n) is 8.16. The Bertz CT molecular complexity index is 962. The zero-order valence-electron chi connectivity index (χ0n) is 14.6. The first-order chi connectivity index (χ1) is 13.6. The van der Waals surface area contributed by atoms with Gasteiger partial charge in [0, 0.05) is 18.1 Å². The third kappa shape index (κ3) is 4.81. The molecule has 9 nitrogen and oxygen atoms in total. The SMILES string of the molecule is O=C(CC1(C(F)(F)F)OCCO1)Nc1ccc(S(=O)(=O)Nc2ncccn2)cc1. The number of hydrogen-bond acceptors (Lipinski definition) is 7. The van der Waals surface area contributed by atoms with Crippen LogP contribution in [-0.4, -0.2) is 49.5 Å². The molecule has 1 aromatic heterocycles. The molecule has 1 aliphatic heterocycles. The Labute approximate surface area is 163 Å². The lowest BCUT2D eigenvalue weighted by Gasteiger charge is -2.28. The summed E-state index contributed by atoms with van der Waals surface area (Å²) < 4.78 is 75.5. The molecule has 13 heteroatoms. The van der Waals surface area contributed by atoms with E-state index >= 15 is 0 Å². The highest BCUT2D eigenvalue weighted by atomic mass is 32.2. The zero-order valence-corrected chi connectivity index (χ0v) is 15.5. The molecule has 156 valence electrons. The zero-order chi connectivity index (χ0) is 21.1. The number of rotatable bonds is 6. The van der Waals surface area contributed by atoms with Crippen molar-refractivity contribution in [1.82, 2.24) is 9.97 Å². The number of hydrogen-bond donors (Lipinski definition) is 2. The van der Waals surface area contributed by atoms with Crippen LogP contribution in [0.5, 0.6) is 0 Å². The van der Waals surface area contributed by atoms with Crippen LogP contribution in [0.1, 0.15) is 6.42 Å². The van der Waals surface area contributed by atoms with Crippen LogP contribution >= 0.6 is 0 Å². The molecule has 1 amide bonds. The topological polar surface area (TPSA) is 120 Å². The third-order valence-corrected chi connectivity index (χ3v) is 5.16. The molecule has 1 saturated heterocycles. The van der Waals surface area contributed by atoms with Gasteiger partial charge in [-0.3, -0.25) is 4.79 Å². The number of amides is 1. The van der Waals surface area contributed by atoms with Crippen molar-refractivity contribution < 1.29 is 35.9 Å². The summed E-state index contributed by atoms with van der Waals surface area (Å²) in [6.07, 6.45) is -3.27. The van der Waals surface area contributed by atoms with E-state index in [0.29, 0.717) is 0 Å². The Hall–Kier alpha value is -2.77. The van der Waals surface area contributed by atoms with E-state index in [1.54, 1.807) is 0 Å². The Kier molecular flexibility index (Phi) is 5.73. The molecule has 2 heterocycles. The van der Waals surface area contributed by atoms with Crippen molar-refractivity contribution in [2.24, 2.45) is 0 Å². The van der Waals surface area contributed by atoms with Gasteiger partial charge in [-0.05, 0) is 30.3 Å². The van der Waals surface area contributed by atoms with Crippen molar-refractivity contribution in [3.63, 3.8) is 0 Å². The number of alkyl halides is 3. The second kappa shape index (κ2) is 7.93. The Balaban J connectivity index is 1.66. The molecule has 1 fully saturated rings. The number of carbonyl (C=O) groups is 1. The van der Waals surface area contributed by atoms with Gasteiger partial charge in [0.1, 0.15) is 0 Å². The number of halogens is 3. The van der Waals surface area contributed by atoms with Crippen molar-refractivity contribution in [2.45, 2.75) is 23.3 Å². The smallest absolute Gasteiger partial charge is 0.340 e. The molecule has 0 atom stereocenters. The van der Waals surface area contributed by atoms with Gasteiger partial charge in [0.2, 0.25) is 11.9 Å². The Morgan fingerprint density at radius 2 is 1.69 bits per heavy atom. The first kappa shape index (κ1) is 21.0. The fraction of sp³-hybridized carbons (Fsp3) is 0.312. The number of carbonyl (C=O) groups excluding carboxylic acids is 1. The summed E-state index contributed by atoms with van der Waals surface area (Å²) in [5.41, 5.74) is 0.0974. The largest absolute Gasteiger partial charge is 0.443 e. The molecule has 0 spiro atoms. The van der Waals surface area contributed by atoms with Gasteiger partial charge in [-0.15, -0.1) is 0 Å². The van der Waals surface area contributed by atoms with Crippen LogP contribution in [0.2, 0.25) is 0 Å². The molecule has 0 aliphatic carbocycles. The van der Waals surface area contributed by atoms with Gasteiger partial charge >= 0.3 is 6.18 Å².